The second kappa shape index (κ2) is 10.8. The van der Waals surface area contributed by atoms with Crippen LogP contribution < -0.4 is 10.6 Å². The van der Waals surface area contributed by atoms with Gasteiger partial charge >= 0.3 is 0 Å². The number of hydrogen-bond acceptors (Lipinski definition) is 6. The molecular formula is C25H24N6O2S. The maximum absolute atomic E-state index is 13.1. The van der Waals surface area contributed by atoms with Crippen LogP contribution in [0.15, 0.2) is 77.7 Å². The summed E-state index contributed by atoms with van der Waals surface area (Å²) in [5, 5.41) is 17.6. The Kier molecular flexibility index (Phi) is 7.34. The molecule has 0 spiro atoms. The number of rotatable bonds is 8. The molecule has 4 rings (SSSR count). The van der Waals surface area contributed by atoms with Crippen LogP contribution in [0.2, 0.25) is 0 Å². The number of benzene rings is 3. The third kappa shape index (κ3) is 5.68. The average molecular weight is 473 g/mol. The molecule has 1 aromatic heterocycles. The second-order valence-electron chi connectivity index (χ2n) is 7.55. The van der Waals surface area contributed by atoms with Crippen molar-refractivity contribution in [3.05, 3.63) is 83.9 Å². The molecule has 172 valence electrons. The number of carbonyl (C=O) groups is 2. The summed E-state index contributed by atoms with van der Waals surface area (Å²) in [5.74, 6) is 0.432. The van der Waals surface area contributed by atoms with Crippen LogP contribution in [0.4, 0.5) is 11.4 Å². The first kappa shape index (κ1) is 23.2. The van der Waals surface area contributed by atoms with Gasteiger partial charge in [-0.05, 0) is 60.7 Å². The van der Waals surface area contributed by atoms with Crippen molar-refractivity contribution in [2.24, 2.45) is 0 Å². The van der Waals surface area contributed by atoms with Crippen LogP contribution in [0.3, 0.4) is 0 Å². The van der Waals surface area contributed by atoms with Crippen LogP contribution in [-0.4, -0.2) is 37.8 Å². The highest BCUT2D eigenvalue weighted by Gasteiger charge is 2.14. The minimum Gasteiger partial charge on any atom is -0.325 e. The molecular weight excluding hydrogens is 448 g/mol. The normalized spacial score (nSPS) is 10.6. The molecule has 0 atom stereocenters. The number of carbonyl (C=O) groups excluding carboxylic acids is 2. The number of nitrogens with zero attached hydrogens (tertiary/aromatic N) is 4. The first-order valence-electron chi connectivity index (χ1n) is 10.8. The highest BCUT2D eigenvalue weighted by atomic mass is 32.2. The molecule has 0 aliphatic rings. The van der Waals surface area contributed by atoms with Crippen molar-refractivity contribution in [2.45, 2.75) is 25.3 Å². The van der Waals surface area contributed by atoms with Crippen molar-refractivity contribution in [3.63, 3.8) is 0 Å². The fourth-order valence-corrected chi connectivity index (χ4v) is 4.17. The van der Waals surface area contributed by atoms with E-state index in [9.17, 15) is 9.59 Å². The summed E-state index contributed by atoms with van der Waals surface area (Å²) >= 11 is 1.32. The standard InChI is InChI=1S/C25H24N6O2S/c1-3-31-24(28-29-30-31)18-7-6-8-20(15-18)27-25(33)21-9-4-5-10-22(21)34-16-23(32)26-19-13-11-17(2)12-14-19/h4-15H,3,16H2,1-2H3,(H,26,32)(H,27,33). The molecule has 0 saturated carbocycles. The number of thioether (sulfide) groups is 1. The van der Waals surface area contributed by atoms with E-state index in [1.54, 1.807) is 16.8 Å². The van der Waals surface area contributed by atoms with Gasteiger partial charge in [0.15, 0.2) is 5.82 Å². The van der Waals surface area contributed by atoms with Crippen LogP contribution in [0.1, 0.15) is 22.8 Å². The molecule has 0 aliphatic heterocycles. The smallest absolute Gasteiger partial charge is 0.256 e. The number of aromatic nitrogens is 4. The average Bonchev–Trinajstić information content (AvgIpc) is 3.34. The molecule has 1 heterocycles. The highest BCUT2D eigenvalue weighted by Crippen LogP contribution is 2.25. The van der Waals surface area contributed by atoms with Crippen LogP contribution in [-0.2, 0) is 11.3 Å². The van der Waals surface area contributed by atoms with Gasteiger partial charge in [-0.2, -0.15) is 0 Å². The van der Waals surface area contributed by atoms with Crippen LogP contribution in [0, 0.1) is 6.92 Å². The summed E-state index contributed by atoms with van der Waals surface area (Å²) in [6.07, 6.45) is 0. The predicted octanol–water partition coefficient (Wildman–Crippen LogP) is 4.65. The third-order valence-electron chi connectivity index (χ3n) is 5.04. The molecule has 34 heavy (non-hydrogen) atoms. The van der Waals surface area contributed by atoms with Gasteiger partial charge in [-0.15, -0.1) is 16.9 Å². The van der Waals surface area contributed by atoms with Gasteiger partial charge in [-0.25, -0.2) is 4.68 Å². The van der Waals surface area contributed by atoms with E-state index in [1.165, 1.54) is 11.8 Å². The third-order valence-corrected chi connectivity index (χ3v) is 6.11. The summed E-state index contributed by atoms with van der Waals surface area (Å²) in [6.45, 7) is 4.59. The molecule has 0 fully saturated rings. The molecule has 4 aromatic rings. The molecule has 9 heteroatoms. The van der Waals surface area contributed by atoms with Crippen LogP contribution in [0.25, 0.3) is 11.4 Å². The first-order valence-corrected chi connectivity index (χ1v) is 11.8. The molecule has 0 bridgehead atoms. The Hall–Kier alpha value is -3.98. The van der Waals surface area contributed by atoms with Gasteiger partial charge in [0.2, 0.25) is 5.91 Å². The SMILES string of the molecule is CCn1nnnc1-c1cccc(NC(=O)c2ccccc2SCC(=O)Nc2ccc(C)cc2)c1. The lowest BCUT2D eigenvalue weighted by Gasteiger charge is -2.11. The van der Waals surface area contributed by atoms with Gasteiger partial charge in [0.25, 0.3) is 5.91 Å². The summed E-state index contributed by atoms with van der Waals surface area (Å²) in [4.78, 5) is 26.2. The summed E-state index contributed by atoms with van der Waals surface area (Å²) in [6, 6.07) is 22.2. The van der Waals surface area contributed by atoms with Crippen LogP contribution in [0.5, 0.6) is 0 Å². The van der Waals surface area contributed by atoms with E-state index in [1.807, 2.05) is 74.5 Å². The molecule has 0 radical (unpaired) electrons. The van der Waals surface area contributed by atoms with Gasteiger partial charge in [0.1, 0.15) is 0 Å². The number of aryl methyl sites for hydroxylation is 2. The Labute approximate surface area is 201 Å². The molecule has 0 saturated heterocycles. The van der Waals surface area contributed by atoms with Crippen LogP contribution >= 0.6 is 11.8 Å². The molecule has 8 nitrogen and oxygen atoms in total. The maximum atomic E-state index is 13.1. The van der Waals surface area contributed by atoms with Gasteiger partial charge in [0.05, 0.1) is 11.3 Å². The Bertz CT molecular complexity index is 1300. The molecule has 2 N–H and O–H groups in total. The topological polar surface area (TPSA) is 102 Å². The van der Waals surface area contributed by atoms with Gasteiger partial charge in [-0.3, -0.25) is 9.59 Å². The number of amides is 2. The Morgan fingerprint density at radius 3 is 2.53 bits per heavy atom. The lowest BCUT2D eigenvalue weighted by atomic mass is 10.1. The number of anilines is 2. The zero-order valence-corrected chi connectivity index (χ0v) is 19.7. The zero-order chi connectivity index (χ0) is 23.9. The van der Waals surface area contributed by atoms with E-state index in [2.05, 4.69) is 26.2 Å². The lowest BCUT2D eigenvalue weighted by Crippen LogP contribution is -2.16. The lowest BCUT2D eigenvalue weighted by molar-refractivity contribution is -0.113. The van der Waals surface area contributed by atoms with Crippen molar-refractivity contribution in [2.75, 3.05) is 16.4 Å². The Morgan fingerprint density at radius 2 is 1.74 bits per heavy atom. The second-order valence-corrected chi connectivity index (χ2v) is 8.57. The minimum atomic E-state index is -0.255. The molecule has 2 amide bonds. The van der Waals surface area contributed by atoms with E-state index in [0.29, 0.717) is 23.6 Å². The Balaban J connectivity index is 1.43. The summed E-state index contributed by atoms with van der Waals surface area (Å²) in [7, 11) is 0. The number of hydrogen-bond donors (Lipinski definition) is 2. The first-order chi connectivity index (χ1) is 16.5. The van der Waals surface area contributed by atoms with E-state index >= 15 is 0 Å². The highest BCUT2D eigenvalue weighted by molar-refractivity contribution is 8.00. The zero-order valence-electron chi connectivity index (χ0n) is 18.9. The van der Waals surface area contributed by atoms with Crippen molar-refractivity contribution in [1.82, 2.24) is 20.2 Å². The molecule has 3 aromatic carbocycles. The predicted molar refractivity (Wildman–Crippen MR) is 134 cm³/mol. The van der Waals surface area contributed by atoms with Gasteiger partial charge in [0, 0.05) is 28.4 Å². The quantitative estimate of drug-likeness (QED) is 0.362. The fraction of sp³-hybridized carbons (Fsp3) is 0.160. The summed E-state index contributed by atoms with van der Waals surface area (Å²) in [5.41, 5.74) is 3.81. The number of tetrazole rings is 1. The van der Waals surface area contributed by atoms with E-state index in [0.717, 1.165) is 21.7 Å². The molecule has 0 unspecified atom stereocenters. The monoisotopic (exact) mass is 472 g/mol. The largest absolute Gasteiger partial charge is 0.325 e. The minimum absolute atomic E-state index is 0.134. The Morgan fingerprint density at radius 1 is 0.941 bits per heavy atom. The van der Waals surface area contributed by atoms with Crippen molar-refractivity contribution in [1.29, 1.82) is 0 Å². The maximum Gasteiger partial charge on any atom is 0.256 e. The van der Waals surface area contributed by atoms with Crippen molar-refractivity contribution in [3.8, 4) is 11.4 Å². The van der Waals surface area contributed by atoms with Crippen molar-refractivity contribution < 1.29 is 9.59 Å². The van der Waals surface area contributed by atoms with E-state index < -0.39 is 0 Å². The fourth-order valence-electron chi connectivity index (χ4n) is 3.32. The van der Waals surface area contributed by atoms with Crippen molar-refractivity contribution >= 4 is 35.0 Å². The van der Waals surface area contributed by atoms with E-state index in [-0.39, 0.29) is 17.6 Å². The van der Waals surface area contributed by atoms with Gasteiger partial charge in [-0.1, -0.05) is 42.0 Å². The van der Waals surface area contributed by atoms with E-state index in [4.69, 9.17) is 0 Å². The summed E-state index contributed by atoms with van der Waals surface area (Å²) < 4.78 is 1.69. The molecule has 0 aliphatic carbocycles. The number of nitrogens with one attached hydrogen (secondary N) is 2. The van der Waals surface area contributed by atoms with Gasteiger partial charge < -0.3 is 10.6 Å².